The second-order valence-corrected chi connectivity index (χ2v) is 2.86. The standard InChI is InChI=1S/C9H8N4O2/c10-8-6(9(14)15)2-3-7(12-8)13-5-1-4-11-13/h1-5H,(H2,10,12)(H,14,15). The van der Waals surface area contributed by atoms with E-state index in [1.54, 1.807) is 24.5 Å². The molecule has 0 bridgehead atoms. The Morgan fingerprint density at radius 2 is 2.27 bits per heavy atom. The molecule has 0 aromatic carbocycles. The summed E-state index contributed by atoms with van der Waals surface area (Å²) in [4.78, 5) is 14.6. The summed E-state index contributed by atoms with van der Waals surface area (Å²) in [5.41, 5.74) is 5.49. The molecule has 2 aromatic rings. The molecule has 0 unspecified atom stereocenters. The van der Waals surface area contributed by atoms with Crippen LogP contribution in [0.25, 0.3) is 5.82 Å². The van der Waals surface area contributed by atoms with Gasteiger partial charge in [-0.2, -0.15) is 5.10 Å². The number of anilines is 1. The molecule has 0 saturated carbocycles. The third-order valence-corrected chi connectivity index (χ3v) is 1.88. The lowest BCUT2D eigenvalue weighted by Crippen LogP contribution is -2.07. The third kappa shape index (κ3) is 1.64. The average molecular weight is 204 g/mol. The first kappa shape index (κ1) is 9.20. The summed E-state index contributed by atoms with van der Waals surface area (Å²) in [5, 5.41) is 12.7. The molecule has 0 aliphatic carbocycles. The number of hydrogen-bond acceptors (Lipinski definition) is 4. The molecular formula is C9H8N4O2. The number of nitrogens with two attached hydrogens (primary N) is 1. The monoisotopic (exact) mass is 204 g/mol. The van der Waals surface area contributed by atoms with Gasteiger partial charge in [0.05, 0.1) is 0 Å². The van der Waals surface area contributed by atoms with Gasteiger partial charge in [0, 0.05) is 12.4 Å². The van der Waals surface area contributed by atoms with Gasteiger partial charge in [-0.05, 0) is 18.2 Å². The van der Waals surface area contributed by atoms with Gasteiger partial charge in [0.25, 0.3) is 0 Å². The highest BCUT2D eigenvalue weighted by molar-refractivity contribution is 5.92. The zero-order chi connectivity index (χ0) is 10.8. The number of pyridine rings is 1. The zero-order valence-electron chi connectivity index (χ0n) is 7.66. The molecule has 2 aromatic heterocycles. The molecular weight excluding hydrogens is 196 g/mol. The molecule has 0 atom stereocenters. The van der Waals surface area contributed by atoms with Crippen LogP contribution in [0.2, 0.25) is 0 Å². The van der Waals surface area contributed by atoms with E-state index < -0.39 is 5.97 Å². The Bertz CT molecular complexity index is 493. The molecule has 0 aliphatic heterocycles. The molecule has 0 saturated heterocycles. The van der Waals surface area contributed by atoms with E-state index in [1.807, 2.05) is 0 Å². The minimum Gasteiger partial charge on any atom is -0.478 e. The lowest BCUT2D eigenvalue weighted by atomic mass is 10.2. The van der Waals surface area contributed by atoms with E-state index in [4.69, 9.17) is 10.8 Å². The summed E-state index contributed by atoms with van der Waals surface area (Å²) < 4.78 is 1.50. The van der Waals surface area contributed by atoms with Gasteiger partial charge < -0.3 is 10.8 Å². The largest absolute Gasteiger partial charge is 0.478 e. The van der Waals surface area contributed by atoms with Crippen molar-refractivity contribution < 1.29 is 9.90 Å². The number of aromatic carboxylic acids is 1. The summed E-state index contributed by atoms with van der Waals surface area (Å²) in [6.45, 7) is 0. The van der Waals surface area contributed by atoms with Crippen LogP contribution in [0, 0.1) is 0 Å². The van der Waals surface area contributed by atoms with Crippen LogP contribution in [0.3, 0.4) is 0 Å². The highest BCUT2D eigenvalue weighted by Gasteiger charge is 2.09. The Kier molecular flexibility index (Phi) is 2.09. The molecule has 6 heteroatoms. The summed E-state index contributed by atoms with van der Waals surface area (Å²) in [5.74, 6) is -0.620. The van der Waals surface area contributed by atoms with Crippen LogP contribution in [-0.2, 0) is 0 Å². The molecule has 76 valence electrons. The Balaban J connectivity index is 2.47. The molecule has 6 nitrogen and oxygen atoms in total. The first-order chi connectivity index (χ1) is 7.18. The number of nitrogens with zero attached hydrogens (tertiary/aromatic N) is 3. The van der Waals surface area contributed by atoms with Gasteiger partial charge in [0.1, 0.15) is 11.4 Å². The first-order valence-corrected chi connectivity index (χ1v) is 4.18. The van der Waals surface area contributed by atoms with Crippen molar-refractivity contribution in [3.8, 4) is 5.82 Å². The number of aromatic nitrogens is 3. The van der Waals surface area contributed by atoms with Crippen LogP contribution in [0.4, 0.5) is 5.82 Å². The van der Waals surface area contributed by atoms with Crippen molar-refractivity contribution in [2.75, 3.05) is 5.73 Å². The van der Waals surface area contributed by atoms with E-state index >= 15 is 0 Å². The molecule has 15 heavy (non-hydrogen) atoms. The minimum absolute atomic E-state index is 0.00842. The molecule has 0 amide bonds. The maximum atomic E-state index is 10.7. The van der Waals surface area contributed by atoms with Crippen molar-refractivity contribution >= 4 is 11.8 Å². The molecule has 0 radical (unpaired) electrons. The highest BCUT2D eigenvalue weighted by Crippen LogP contribution is 2.11. The zero-order valence-corrected chi connectivity index (χ0v) is 7.66. The fraction of sp³-hybridized carbons (Fsp3) is 0. The molecule has 2 heterocycles. The van der Waals surface area contributed by atoms with E-state index in [0.717, 1.165) is 0 Å². The molecule has 0 fully saturated rings. The summed E-state index contributed by atoms with van der Waals surface area (Å²) >= 11 is 0. The maximum absolute atomic E-state index is 10.7. The smallest absolute Gasteiger partial charge is 0.339 e. The lowest BCUT2D eigenvalue weighted by molar-refractivity contribution is 0.0697. The second kappa shape index (κ2) is 3.41. The number of carboxylic acids is 1. The SMILES string of the molecule is Nc1nc(-n2cccn2)ccc1C(=O)O. The van der Waals surface area contributed by atoms with Crippen molar-refractivity contribution in [1.29, 1.82) is 0 Å². The van der Waals surface area contributed by atoms with Crippen molar-refractivity contribution in [2.45, 2.75) is 0 Å². The van der Waals surface area contributed by atoms with Crippen LogP contribution < -0.4 is 5.73 Å². The Morgan fingerprint density at radius 3 is 2.80 bits per heavy atom. The van der Waals surface area contributed by atoms with E-state index in [9.17, 15) is 4.79 Å². The average Bonchev–Trinajstić information content (AvgIpc) is 2.69. The van der Waals surface area contributed by atoms with Crippen molar-refractivity contribution in [3.05, 3.63) is 36.2 Å². The fourth-order valence-electron chi connectivity index (χ4n) is 1.18. The van der Waals surface area contributed by atoms with Gasteiger partial charge in [-0.25, -0.2) is 14.5 Å². The highest BCUT2D eigenvalue weighted by atomic mass is 16.4. The van der Waals surface area contributed by atoms with E-state index in [2.05, 4.69) is 10.1 Å². The lowest BCUT2D eigenvalue weighted by Gasteiger charge is -2.03. The van der Waals surface area contributed by atoms with E-state index in [0.29, 0.717) is 5.82 Å². The third-order valence-electron chi connectivity index (χ3n) is 1.88. The number of rotatable bonds is 2. The van der Waals surface area contributed by atoms with Gasteiger partial charge in [0.15, 0.2) is 5.82 Å². The second-order valence-electron chi connectivity index (χ2n) is 2.86. The molecule has 0 aliphatic rings. The van der Waals surface area contributed by atoms with Crippen LogP contribution in [-0.4, -0.2) is 25.8 Å². The van der Waals surface area contributed by atoms with Crippen LogP contribution >= 0.6 is 0 Å². The fourth-order valence-corrected chi connectivity index (χ4v) is 1.18. The number of nitrogen functional groups attached to an aromatic ring is 1. The number of carboxylic acid groups (broad SMARTS) is 1. The van der Waals surface area contributed by atoms with Crippen LogP contribution in [0.15, 0.2) is 30.6 Å². The molecule has 3 N–H and O–H groups in total. The Hall–Kier alpha value is -2.37. The Morgan fingerprint density at radius 1 is 1.47 bits per heavy atom. The predicted molar refractivity (Wildman–Crippen MR) is 52.7 cm³/mol. The van der Waals surface area contributed by atoms with Gasteiger partial charge in [-0.1, -0.05) is 0 Å². The quantitative estimate of drug-likeness (QED) is 0.744. The Labute approximate surface area is 85.0 Å². The van der Waals surface area contributed by atoms with Gasteiger partial charge in [-0.15, -0.1) is 0 Å². The number of carbonyl (C=O) groups is 1. The van der Waals surface area contributed by atoms with Gasteiger partial charge in [0.2, 0.25) is 0 Å². The summed E-state index contributed by atoms with van der Waals surface area (Å²) in [7, 11) is 0. The first-order valence-electron chi connectivity index (χ1n) is 4.18. The normalized spacial score (nSPS) is 10.1. The van der Waals surface area contributed by atoms with Crippen molar-refractivity contribution in [2.24, 2.45) is 0 Å². The van der Waals surface area contributed by atoms with E-state index in [1.165, 1.54) is 10.7 Å². The van der Waals surface area contributed by atoms with Crippen molar-refractivity contribution in [1.82, 2.24) is 14.8 Å². The minimum atomic E-state index is -1.09. The van der Waals surface area contributed by atoms with E-state index in [-0.39, 0.29) is 11.4 Å². The topological polar surface area (TPSA) is 94.0 Å². The predicted octanol–water partition coefficient (Wildman–Crippen LogP) is 0.548. The van der Waals surface area contributed by atoms with Crippen LogP contribution in [0.1, 0.15) is 10.4 Å². The maximum Gasteiger partial charge on any atom is 0.339 e. The summed E-state index contributed by atoms with van der Waals surface area (Å²) in [6.07, 6.45) is 3.30. The van der Waals surface area contributed by atoms with Crippen LogP contribution in [0.5, 0.6) is 0 Å². The molecule has 2 rings (SSSR count). The molecule has 0 spiro atoms. The number of hydrogen-bond donors (Lipinski definition) is 2. The van der Waals surface area contributed by atoms with Crippen molar-refractivity contribution in [3.63, 3.8) is 0 Å². The van der Waals surface area contributed by atoms with Gasteiger partial charge in [-0.3, -0.25) is 0 Å². The van der Waals surface area contributed by atoms with Gasteiger partial charge >= 0.3 is 5.97 Å². The summed E-state index contributed by atoms with van der Waals surface area (Å²) in [6, 6.07) is 4.69.